The fraction of sp³-hybridized carbons (Fsp3) is 0.0526. The van der Waals surface area contributed by atoms with Gasteiger partial charge in [-0.15, -0.1) is 11.3 Å². The molecule has 0 saturated heterocycles. The van der Waals surface area contributed by atoms with E-state index in [-0.39, 0.29) is 0 Å². The van der Waals surface area contributed by atoms with Crippen LogP contribution in [0.3, 0.4) is 0 Å². The van der Waals surface area contributed by atoms with Crippen molar-refractivity contribution in [2.75, 3.05) is 12.4 Å². The maximum absolute atomic E-state index is 12.3. The molecule has 27 heavy (non-hydrogen) atoms. The Morgan fingerprint density at radius 1 is 1.11 bits per heavy atom. The number of anilines is 2. The first kappa shape index (κ1) is 17.9. The Labute approximate surface area is 168 Å². The molecule has 2 aromatic carbocycles. The van der Waals surface area contributed by atoms with E-state index in [2.05, 4.69) is 10.3 Å². The van der Waals surface area contributed by atoms with Gasteiger partial charge in [0, 0.05) is 20.8 Å². The molecule has 0 amide bonds. The van der Waals surface area contributed by atoms with E-state index in [4.69, 9.17) is 32.4 Å². The van der Waals surface area contributed by atoms with E-state index in [9.17, 15) is 4.79 Å². The minimum absolute atomic E-state index is 0.368. The van der Waals surface area contributed by atoms with Crippen molar-refractivity contribution in [3.63, 3.8) is 0 Å². The van der Waals surface area contributed by atoms with Gasteiger partial charge in [0.05, 0.1) is 24.1 Å². The number of hydrogen-bond acceptors (Lipinski definition) is 6. The molecule has 0 fully saturated rings. The molecule has 0 radical (unpaired) electrons. The van der Waals surface area contributed by atoms with Crippen LogP contribution in [0.1, 0.15) is 0 Å². The summed E-state index contributed by atoms with van der Waals surface area (Å²) in [5, 5.41) is 7.41. The van der Waals surface area contributed by atoms with Crippen molar-refractivity contribution in [1.29, 1.82) is 0 Å². The van der Waals surface area contributed by atoms with Crippen molar-refractivity contribution in [2.45, 2.75) is 0 Å². The summed E-state index contributed by atoms with van der Waals surface area (Å²) in [6, 6.07) is 12.1. The monoisotopic (exact) mass is 418 g/mol. The van der Waals surface area contributed by atoms with E-state index in [1.807, 2.05) is 0 Å². The first-order valence-electron chi connectivity index (χ1n) is 7.83. The Hall–Kier alpha value is -2.54. The van der Waals surface area contributed by atoms with Crippen LogP contribution >= 0.6 is 34.5 Å². The molecule has 0 aliphatic rings. The van der Waals surface area contributed by atoms with Gasteiger partial charge in [-0.25, -0.2) is 9.78 Å². The third kappa shape index (κ3) is 3.64. The number of aromatic nitrogens is 1. The molecule has 0 aliphatic carbocycles. The fourth-order valence-electron chi connectivity index (χ4n) is 2.62. The zero-order valence-electron chi connectivity index (χ0n) is 14.0. The van der Waals surface area contributed by atoms with Crippen LogP contribution in [0.2, 0.25) is 10.0 Å². The number of halogens is 2. The number of benzene rings is 2. The molecule has 136 valence electrons. The second-order valence-electron chi connectivity index (χ2n) is 5.64. The predicted molar refractivity (Wildman–Crippen MR) is 110 cm³/mol. The lowest BCUT2D eigenvalue weighted by Crippen LogP contribution is -2.03. The van der Waals surface area contributed by atoms with Crippen molar-refractivity contribution < 1.29 is 9.15 Å². The van der Waals surface area contributed by atoms with Gasteiger partial charge >= 0.3 is 5.63 Å². The van der Waals surface area contributed by atoms with Crippen molar-refractivity contribution >= 4 is 56.3 Å². The summed E-state index contributed by atoms with van der Waals surface area (Å²) in [7, 11) is 1.58. The molecule has 0 atom stereocenters. The number of nitrogens with zero attached hydrogens (tertiary/aromatic N) is 1. The molecule has 0 aliphatic heterocycles. The van der Waals surface area contributed by atoms with Crippen molar-refractivity contribution in [2.24, 2.45) is 0 Å². The lowest BCUT2D eigenvalue weighted by atomic mass is 10.1. The van der Waals surface area contributed by atoms with E-state index in [1.54, 1.807) is 55.0 Å². The molecule has 1 N–H and O–H groups in total. The van der Waals surface area contributed by atoms with Crippen LogP contribution in [0.25, 0.3) is 22.2 Å². The summed E-state index contributed by atoms with van der Waals surface area (Å²) < 4.78 is 10.7. The third-order valence-electron chi connectivity index (χ3n) is 3.88. The highest BCUT2D eigenvalue weighted by Gasteiger charge is 2.13. The van der Waals surface area contributed by atoms with Crippen LogP contribution in [0.5, 0.6) is 5.75 Å². The van der Waals surface area contributed by atoms with Crippen LogP contribution in [-0.2, 0) is 0 Å². The summed E-state index contributed by atoms with van der Waals surface area (Å²) in [4.78, 5) is 16.8. The van der Waals surface area contributed by atoms with Crippen molar-refractivity contribution in [3.8, 4) is 17.0 Å². The summed E-state index contributed by atoms with van der Waals surface area (Å²) in [5.74, 6) is 0.635. The van der Waals surface area contributed by atoms with Gasteiger partial charge in [0.1, 0.15) is 11.3 Å². The third-order valence-corrected chi connectivity index (χ3v) is 5.11. The second-order valence-corrected chi connectivity index (χ2v) is 7.37. The first-order valence-corrected chi connectivity index (χ1v) is 9.47. The fourth-order valence-corrected chi connectivity index (χ4v) is 3.70. The van der Waals surface area contributed by atoms with Gasteiger partial charge in [-0.2, -0.15) is 0 Å². The molecule has 0 spiro atoms. The highest BCUT2D eigenvalue weighted by Crippen LogP contribution is 2.33. The Morgan fingerprint density at radius 2 is 1.89 bits per heavy atom. The largest absolute Gasteiger partial charge is 0.495 e. The average molecular weight is 419 g/mol. The Morgan fingerprint density at radius 3 is 2.70 bits per heavy atom. The van der Waals surface area contributed by atoms with E-state index in [0.717, 1.165) is 5.39 Å². The van der Waals surface area contributed by atoms with E-state index in [1.165, 1.54) is 11.3 Å². The van der Waals surface area contributed by atoms with E-state index in [0.29, 0.717) is 43.5 Å². The van der Waals surface area contributed by atoms with Gasteiger partial charge in [0.2, 0.25) is 0 Å². The molecular weight excluding hydrogens is 407 g/mol. The van der Waals surface area contributed by atoms with Gasteiger partial charge in [-0.05, 0) is 42.5 Å². The maximum atomic E-state index is 12.3. The van der Waals surface area contributed by atoms with Crippen molar-refractivity contribution in [3.05, 3.63) is 68.3 Å². The molecule has 0 saturated carbocycles. The zero-order chi connectivity index (χ0) is 19.0. The highest BCUT2D eigenvalue weighted by atomic mass is 35.5. The molecule has 2 aromatic heterocycles. The predicted octanol–water partition coefficient (Wildman–Crippen LogP) is 5.98. The average Bonchev–Trinajstić information content (AvgIpc) is 3.10. The molecule has 0 bridgehead atoms. The summed E-state index contributed by atoms with van der Waals surface area (Å²) in [6.07, 6.45) is 0. The van der Waals surface area contributed by atoms with Gasteiger partial charge in [-0.3, -0.25) is 0 Å². The Kier molecular flexibility index (Phi) is 4.78. The molecule has 5 nitrogen and oxygen atoms in total. The smallest absolute Gasteiger partial charge is 0.345 e. The number of ether oxygens (including phenoxy) is 1. The minimum atomic E-state index is -0.456. The molecule has 4 aromatic rings. The van der Waals surface area contributed by atoms with E-state index < -0.39 is 5.63 Å². The van der Waals surface area contributed by atoms with Crippen LogP contribution in [0.4, 0.5) is 10.8 Å². The maximum Gasteiger partial charge on any atom is 0.345 e. The number of thiazole rings is 1. The summed E-state index contributed by atoms with van der Waals surface area (Å²) >= 11 is 13.4. The second kappa shape index (κ2) is 7.23. The normalized spacial score (nSPS) is 10.9. The molecule has 8 heteroatoms. The van der Waals surface area contributed by atoms with Gasteiger partial charge in [0.15, 0.2) is 5.13 Å². The van der Waals surface area contributed by atoms with Crippen molar-refractivity contribution in [1.82, 2.24) is 4.98 Å². The molecule has 2 heterocycles. The Balaban J connectivity index is 1.71. The summed E-state index contributed by atoms with van der Waals surface area (Å²) in [6.45, 7) is 0. The minimum Gasteiger partial charge on any atom is -0.495 e. The van der Waals surface area contributed by atoms with Gasteiger partial charge in [0.25, 0.3) is 0 Å². The zero-order valence-corrected chi connectivity index (χ0v) is 16.3. The number of fused-ring (bicyclic) bond motifs is 1. The SMILES string of the molecule is COc1ccc(Cl)cc1Nc1nc(-c2cc3cc(Cl)ccc3oc2=O)cs1. The highest BCUT2D eigenvalue weighted by molar-refractivity contribution is 7.14. The molecular formula is C19H12Cl2N2O3S. The first-order chi connectivity index (χ1) is 13.0. The van der Waals surface area contributed by atoms with Gasteiger partial charge < -0.3 is 14.5 Å². The van der Waals surface area contributed by atoms with Crippen LogP contribution in [-0.4, -0.2) is 12.1 Å². The summed E-state index contributed by atoms with van der Waals surface area (Å²) in [5.41, 5.74) is 1.59. The topological polar surface area (TPSA) is 64.4 Å². The lowest BCUT2D eigenvalue weighted by Gasteiger charge is -2.09. The van der Waals surface area contributed by atoms with Crippen LogP contribution in [0, 0.1) is 0 Å². The number of hydrogen-bond donors (Lipinski definition) is 1. The quantitative estimate of drug-likeness (QED) is 0.413. The van der Waals surface area contributed by atoms with E-state index >= 15 is 0 Å². The van der Waals surface area contributed by atoms with Crippen LogP contribution in [0.15, 0.2) is 57.1 Å². The van der Waals surface area contributed by atoms with Gasteiger partial charge in [-0.1, -0.05) is 23.2 Å². The molecule has 4 rings (SSSR count). The number of rotatable bonds is 4. The molecule has 0 unspecified atom stereocenters. The number of methoxy groups -OCH3 is 1. The number of nitrogens with one attached hydrogen (secondary N) is 1. The van der Waals surface area contributed by atoms with Crippen LogP contribution < -0.4 is 15.7 Å². The standard InChI is InChI=1S/C19H12Cl2N2O3S/c1-25-17-5-3-12(21)8-14(17)22-19-23-15(9-27-19)13-7-10-6-11(20)2-4-16(10)26-18(13)24/h2-9H,1H3,(H,22,23). The Bertz CT molecular complexity index is 1200. The lowest BCUT2D eigenvalue weighted by molar-refractivity contribution is 0.417.